The number of hydrogen-bond acceptors (Lipinski definition) is 14. The van der Waals surface area contributed by atoms with Crippen molar-refractivity contribution < 1.29 is 57.0 Å². The summed E-state index contributed by atoms with van der Waals surface area (Å²) in [6.45, 7) is 0. The molecule has 6 aromatic carbocycles. The van der Waals surface area contributed by atoms with Crippen LogP contribution in [0.1, 0.15) is 0 Å². The maximum Gasteiger partial charge on any atom is 0.296 e. The number of phenolic OH excluding ortho intramolecular Hbond substituents is 1. The van der Waals surface area contributed by atoms with E-state index in [0.29, 0.717) is 17.5 Å². The maximum absolute atomic E-state index is 12.5. The predicted molar refractivity (Wildman–Crippen MR) is 186 cm³/mol. The number of rotatable bonds is 8. The number of phenols is 1. The van der Waals surface area contributed by atoms with Gasteiger partial charge >= 0.3 is 0 Å². The van der Waals surface area contributed by atoms with E-state index >= 15 is 0 Å². The topological polar surface area (TPSA) is 313 Å². The molecule has 0 aliphatic carbocycles. The average molecular weight is 788 g/mol. The molecule has 22 heteroatoms. The quantitative estimate of drug-likeness (QED) is 0.0564. The average Bonchev–Trinajstić information content (AvgIpc) is 3.04. The Labute approximate surface area is 293 Å². The molecule has 52 heavy (non-hydrogen) atoms. The number of hydrogen-bond donors (Lipinski definition) is 6. The first-order valence-electron chi connectivity index (χ1n) is 14.1. The molecule has 0 radical (unpaired) electrons. The highest BCUT2D eigenvalue weighted by Crippen LogP contribution is 2.48. The second kappa shape index (κ2) is 12.6. The molecule has 18 nitrogen and oxygen atoms in total. The zero-order valence-corrected chi connectivity index (χ0v) is 28.9. The first kappa shape index (κ1) is 36.3. The van der Waals surface area contributed by atoms with E-state index in [-0.39, 0.29) is 16.5 Å². The Balaban J connectivity index is 1.62. The molecule has 0 fully saturated rings. The summed E-state index contributed by atoms with van der Waals surface area (Å²) >= 11 is 0. The number of fused-ring (bicyclic) bond motifs is 3. The number of nitrogens with two attached hydrogens (primary N) is 1. The van der Waals surface area contributed by atoms with Crippen LogP contribution < -0.4 is 5.73 Å². The molecular weight excluding hydrogens is 767 g/mol. The zero-order valence-electron chi connectivity index (χ0n) is 25.6. The van der Waals surface area contributed by atoms with Crippen molar-refractivity contribution in [2.45, 2.75) is 19.6 Å². The number of anilines is 1. The molecular formula is C30H21N5O13S4. The molecule has 0 heterocycles. The third kappa shape index (κ3) is 6.91. The molecule has 0 aliphatic heterocycles. The largest absolute Gasteiger partial charge is 0.505 e. The molecule has 6 rings (SSSR count). The van der Waals surface area contributed by atoms with Crippen molar-refractivity contribution in [2.24, 2.45) is 20.5 Å². The maximum atomic E-state index is 12.5. The summed E-state index contributed by atoms with van der Waals surface area (Å²) < 4.78 is 137. The molecule has 0 bridgehead atoms. The Kier molecular flexibility index (Phi) is 8.83. The van der Waals surface area contributed by atoms with Gasteiger partial charge in [0.1, 0.15) is 21.2 Å². The molecule has 0 aliphatic rings. The summed E-state index contributed by atoms with van der Waals surface area (Å²) in [4.78, 5) is -3.60. The summed E-state index contributed by atoms with van der Waals surface area (Å²) in [7, 11) is -20.2. The van der Waals surface area contributed by atoms with E-state index < -0.39 is 99.3 Å². The van der Waals surface area contributed by atoms with Gasteiger partial charge in [-0.05, 0) is 58.6 Å². The number of benzene rings is 6. The summed E-state index contributed by atoms with van der Waals surface area (Å²) in [6, 6.07) is 17.8. The van der Waals surface area contributed by atoms with Gasteiger partial charge in [0, 0.05) is 10.8 Å². The van der Waals surface area contributed by atoms with E-state index in [1.54, 1.807) is 42.5 Å². The molecule has 0 atom stereocenters. The first-order chi connectivity index (χ1) is 24.1. The predicted octanol–water partition coefficient (Wildman–Crippen LogP) is 6.25. The highest BCUT2D eigenvalue weighted by molar-refractivity contribution is 7.86. The van der Waals surface area contributed by atoms with Gasteiger partial charge in [0.25, 0.3) is 40.5 Å². The van der Waals surface area contributed by atoms with Gasteiger partial charge in [-0.2, -0.15) is 33.7 Å². The Morgan fingerprint density at radius 3 is 1.65 bits per heavy atom. The van der Waals surface area contributed by atoms with E-state index in [4.69, 9.17) is 5.73 Å². The van der Waals surface area contributed by atoms with Crippen LogP contribution in [0.3, 0.4) is 0 Å². The molecule has 0 spiro atoms. The Hall–Kier alpha value is -5.46. The van der Waals surface area contributed by atoms with Gasteiger partial charge in [-0.3, -0.25) is 18.2 Å². The van der Waals surface area contributed by atoms with Crippen molar-refractivity contribution in [1.29, 1.82) is 0 Å². The Morgan fingerprint density at radius 2 is 1.02 bits per heavy atom. The van der Waals surface area contributed by atoms with Gasteiger partial charge in [-0.25, -0.2) is 0 Å². The lowest BCUT2D eigenvalue weighted by Crippen LogP contribution is -2.03. The van der Waals surface area contributed by atoms with Crippen LogP contribution in [0.5, 0.6) is 5.75 Å². The van der Waals surface area contributed by atoms with E-state index in [1.165, 1.54) is 0 Å². The fourth-order valence-electron chi connectivity index (χ4n) is 5.30. The number of aromatic hydroxyl groups is 1. The Morgan fingerprint density at radius 1 is 0.481 bits per heavy atom. The zero-order chi connectivity index (χ0) is 38.0. The minimum absolute atomic E-state index is 0.0503. The van der Waals surface area contributed by atoms with Crippen molar-refractivity contribution in [3.05, 3.63) is 84.9 Å². The number of nitrogens with zero attached hydrogens (tertiary/aromatic N) is 4. The third-order valence-electron chi connectivity index (χ3n) is 7.62. The van der Waals surface area contributed by atoms with Gasteiger partial charge in [-0.1, -0.05) is 42.5 Å². The summed E-state index contributed by atoms with van der Waals surface area (Å²) in [6.07, 6.45) is 0. The van der Waals surface area contributed by atoms with Crippen molar-refractivity contribution in [3.8, 4) is 5.75 Å². The molecule has 0 saturated carbocycles. The molecule has 0 saturated heterocycles. The summed E-state index contributed by atoms with van der Waals surface area (Å²) in [5.74, 6) is -1.11. The molecule has 6 aromatic rings. The van der Waals surface area contributed by atoms with Gasteiger partial charge in [0.05, 0.1) is 32.2 Å². The van der Waals surface area contributed by atoms with Crippen molar-refractivity contribution in [3.63, 3.8) is 0 Å². The van der Waals surface area contributed by atoms with Crippen molar-refractivity contribution in [1.82, 2.24) is 0 Å². The molecule has 268 valence electrons. The minimum atomic E-state index is -5.32. The monoisotopic (exact) mass is 787 g/mol. The van der Waals surface area contributed by atoms with Crippen molar-refractivity contribution >= 4 is 101 Å². The van der Waals surface area contributed by atoms with E-state index in [2.05, 4.69) is 20.5 Å². The van der Waals surface area contributed by atoms with E-state index in [9.17, 15) is 57.0 Å². The van der Waals surface area contributed by atoms with Crippen LogP contribution in [-0.2, 0) is 40.5 Å². The van der Waals surface area contributed by atoms with Gasteiger partial charge < -0.3 is 10.8 Å². The fourth-order valence-corrected chi connectivity index (χ4v) is 7.68. The van der Waals surface area contributed by atoms with Crippen LogP contribution in [0.2, 0.25) is 0 Å². The molecule has 0 amide bonds. The third-order valence-corrected chi connectivity index (χ3v) is 11.0. The van der Waals surface area contributed by atoms with Crippen LogP contribution in [0, 0.1) is 0 Å². The minimum Gasteiger partial charge on any atom is -0.505 e. The standard InChI is InChI=1S/C30H21N5O13S4/c31-27-26-17(12-24(51(43,44)45)28(27)34-32-22-7-3-5-15-4-1-2-6-20(15)22)13-25(52(46,47)48)29(30(26)36)35-33-23-14-19(50(40,41)42)11-16-10-18(49(37,38)39)8-9-21(16)23/h1-14,36H,31H2,(H,37,38,39)(H,40,41,42)(H,43,44,45)(H,46,47,48)/b34-32+,35-33+. The molecule has 7 N–H and O–H groups in total. The highest BCUT2D eigenvalue weighted by atomic mass is 32.2. The van der Waals surface area contributed by atoms with E-state index in [0.717, 1.165) is 35.7 Å². The second-order valence-electron chi connectivity index (χ2n) is 10.9. The first-order valence-corrected chi connectivity index (χ1v) is 19.8. The van der Waals surface area contributed by atoms with Crippen molar-refractivity contribution in [2.75, 3.05) is 5.73 Å². The highest BCUT2D eigenvalue weighted by Gasteiger charge is 2.28. The molecule has 0 aromatic heterocycles. The summed E-state index contributed by atoms with van der Waals surface area (Å²) in [5.41, 5.74) is 3.75. The second-order valence-corrected chi connectivity index (χ2v) is 16.6. The smallest absolute Gasteiger partial charge is 0.296 e. The van der Waals surface area contributed by atoms with Crippen LogP contribution in [0.4, 0.5) is 28.4 Å². The van der Waals surface area contributed by atoms with Gasteiger partial charge in [0.2, 0.25) is 0 Å². The van der Waals surface area contributed by atoms with Crippen LogP contribution in [0.15, 0.2) is 125 Å². The lowest BCUT2D eigenvalue weighted by molar-refractivity contribution is 0.472. The van der Waals surface area contributed by atoms with E-state index in [1.807, 2.05) is 0 Å². The fraction of sp³-hybridized carbons (Fsp3) is 0. The summed E-state index contributed by atoms with van der Waals surface area (Å²) in [5, 5.41) is 27.1. The normalized spacial score (nSPS) is 13.2. The van der Waals surface area contributed by atoms with Gasteiger partial charge in [0.15, 0.2) is 5.75 Å². The lowest BCUT2D eigenvalue weighted by atomic mass is 10.0. The van der Waals surface area contributed by atoms with Crippen LogP contribution in [0.25, 0.3) is 32.3 Å². The number of nitrogen functional groups attached to an aromatic ring is 1. The van der Waals surface area contributed by atoms with Gasteiger partial charge in [-0.15, -0.1) is 20.5 Å². The SMILES string of the molecule is Nc1c(/N=N/c2cccc3ccccc23)c(S(=O)(=O)O)cc2cc(S(=O)(=O)O)c(/N=N/c3cc(S(=O)(=O)O)cc4cc(S(=O)(=O)O)ccc34)c(O)c12. The number of azo groups is 2. The lowest BCUT2D eigenvalue weighted by Gasteiger charge is -2.14. The van der Waals surface area contributed by atoms with Crippen LogP contribution in [-0.4, -0.2) is 57.0 Å². The van der Waals surface area contributed by atoms with Crippen LogP contribution >= 0.6 is 0 Å². The molecule has 0 unspecified atom stereocenters. The Bertz CT molecular complexity index is 3030.